The zero-order chi connectivity index (χ0) is 42.9. The van der Waals surface area contributed by atoms with Crippen LogP contribution in [0.4, 0.5) is 0 Å². The van der Waals surface area contributed by atoms with Crippen LogP contribution in [0.15, 0.2) is 0 Å². The Morgan fingerprint density at radius 2 is 0.373 bits per heavy atom. The van der Waals surface area contributed by atoms with Gasteiger partial charge in [0.15, 0.2) is 0 Å². The van der Waals surface area contributed by atoms with Crippen molar-refractivity contribution in [1.29, 1.82) is 0 Å². The molecule has 0 heterocycles. The maximum atomic E-state index is 11.7. The van der Waals surface area contributed by atoms with E-state index in [0.717, 1.165) is 51.4 Å². The fourth-order valence-electron chi connectivity index (χ4n) is 7.14. The summed E-state index contributed by atoms with van der Waals surface area (Å²) in [6.07, 6.45) is 49.0. The van der Waals surface area contributed by atoms with Crippen LogP contribution in [0, 0.1) is 0 Å². The van der Waals surface area contributed by atoms with Crippen LogP contribution in [0.3, 0.4) is 0 Å². The van der Waals surface area contributed by atoms with Crippen molar-refractivity contribution in [3.63, 3.8) is 0 Å². The maximum Gasteiger partial charge on any atom is 2.00 e. The minimum Gasteiger partial charge on any atom is -0.756 e. The quantitative estimate of drug-likeness (QED) is 0.0336. The Morgan fingerprint density at radius 1 is 0.254 bits per heavy atom. The monoisotopic (exact) mass is 931 g/mol. The predicted molar refractivity (Wildman–Crippen MR) is 246 cm³/mol. The summed E-state index contributed by atoms with van der Waals surface area (Å²) in [6.45, 7) is 10.0. The second kappa shape index (κ2) is 53.2. The van der Waals surface area contributed by atoms with Crippen molar-refractivity contribution in [1.82, 2.24) is 0 Å². The Morgan fingerprint density at radius 3 is 0.508 bits per heavy atom. The standard InChI is InChI=1S/2C24H51O4P.Zn/c2*1-3-5-7-9-11-13-15-17-19-21-23-27-29(25,26)28-24-22-20-18-16-14-12-10-8-6-4-2;/h2*3-24H2,1-2H3,(H,25,26);/q;;+2/p-2. The van der Waals surface area contributed by atoms with Gasteiger partial charge in [-0.1, -0.05) is 259 Å². The summed E-state index contributed by atoms with van der Waals surface area (Å²) in [7, 11) is -8.19. The van der Waals surface area contributed by atoms with Crippen LogP contribution in [-0.2, 0) is 46.7 Å². The number of unbranched alkanes of at least 4 members (excludes halogenated alkanes) is 36. The molecule has 0 aliphatic carbocycles. The Labute approximate surface area is 381 Å². The van der Waals surface area contributed by atoms with Gasteiger partial charge in [0.1, 0.15) is 0 Å². The molecule has 0 spiro atoms. The van der Waals surface area contributed by atoms with Crippen molar-refractivity contribution in [2.75, 3.05) is 26.4 Å². The van der Waals surface area contributed by atoms with E-state index in [-0.39, 0.29) is 45.9 Å². The average molecular weight is 933 g/mol. The maximum absolute atomic E-state index is 11.7. The average Bonchev–Trinajstić information content (AvgIpc) is 3.20. The van der Waals surface area contributed by atoms with Gasteiger partial charge in [0.05, 0.1) is 26.4 Å². The molecular formula is C48H100O8P2Zn. The zero-order valence-electron chi connectivity index (χ0n) is 40.0. The van der Waals surface area contributed by atoms with Gasteiger partial charge in [-0.05, 0) is 25.7 Å². The normalized spacial score (nSPS) is 11.8. The molecule has 59 heavy (non-hydrogen) atoms. The van der Waals surface area contributed by atoms with Crippen LogP contribution in [0.1, 0.15) is 285 Å². The van der Waals surface area contributed by atoms with Gasteiger partial charge < -0.3 is 27.9 Å². The van der Waals surface area contributed by atoms with E-state index in [1.165, 1.54) is 205 Å². The third-order valence-corrected chi connectivity index (χ3v) is 13.0. The Balaban J connectivity index is -0.00000105. The number of hydrogen-bond donors (Lipinski definition) is 0. The Kier molecular flexibility index (Phi) is 57.8. The summed E-state index contributed by atoms with van der Waals surface area (Å²) in [5.41, 5.74) is 0. The second-order valence-electron chi connectivity index (χ2n) is 17.0. The molecule has 11 heteroatoms. The molecule has 0 N–H and O–H groups in total. The molecule has 0 aromatic carbocycles. The first kappa shape index (κ1) is 64.1. The molecule has 0 saturated carbocycles. The molecule has 0 aromatic heterocycles. The van der Waals surface area contributed by atoms with Crippen molar-refractivity contribution in [2.45, 2.75) is 285 Å². The zero-order valence-corrected chi connectivity index (χ0v) is 44.7. The van der Waals surface area contributed by atoms with E-state index in [4.69, 9.17) is 18.1 Å². The van der Waals surface area contributed by atoms with Crippen LogP contribution in [-0.4, -0.2) is 26.4 Å². The summed E-state index contributed by atoms with van der Waals surface area (Å²) in [5, 5.41) is 0. The molecule has 0 aliphatic heterocycles. The van der Waals surface area contributed by atoms with E-state index in [0.29, 0.717) is 0 Å². The number of phosphoric ester groups is 2. The summed E-state index contributed by atoms with van der Waals surface area (Å²) in [5.74, 6) is 0. The third-order valence-electron chi connectivity index (χ3n) is 11.0. The molecule has 352 valence electrons. The summed E-state index contributed by atoms with van der Waals surface area (Å²) >= 11 is 0. The SMILES string of the molecule is CCCCCCCCCCCCOP(=O)([O-])OCCCCCCCCCCCC.CCCCCCCCCCCCOP(=O)([O-])OCCCCCCCCCCCC.[Zn+2]. The van der Waals surface area contributed by atoms with E-state index < -0.39 is 15.6 Å². The minimum absolute atomic E-state index is 0. The number of rotatable bonds is 48. The van der Waals surface area contributed by atoms with E-state index >= 15 is 0 Å². The molecule has 0 saturated heterocycles. The second-order valence-corrected chi connectivity index (χ2v) is 19.8. The van der Waals surface area contributed by atoms with Gasteiger partial charge in [0.25, 0.3) is 15.6 Å². The molecule has 0 rings (SSSR count). The molecule has 0 aromatic rings. The molecule has 0 radical (unpaired) electrons. The summed E-state index contributed by atoms with van der Waals surface area (Å²) in [6, 6.07) is 0. The van der Waals surface area contributed by atoms with Gasteiger partial charge in [0, 0.05) is 0 Å². The largest absolute Gasteiger partial charge is 2.00 e. The molecular weight excluding hydrogens is 832 g/mol. The molecule has 0 amide bonds. The topological polar surface area (TPSA) is 117 Å². The van der Waals surface area contributed by atoms with Crippen molar-refractivity contribution < 1.29 is 56.5 Å². The first-order valence-electron chi connectivity index (χ1n) is 25.4. The van der Waals surface area contributed by atoms with Crippen LogP contribution < -0.4 is 9.79 Å². The number of phosphoric acid groups is 2. The van der Waals surface area contributed by atoms with E-state index in [1.54, 1.807) is 0 Å². The van der Waals surface area contributed by atoms with Crippen molar-refractivity contribution in [3.05, 3.63) is 0 Å². The molecule has 0 fully saturated rings. The predicted octanol–water partition coefficient (Wildman–Crippen LogP) is 16.7. The van der Waals surface area contributed by atoms with Gasteiger partial charge in [0.2, 0.25) is 0 Å². The minimum atomic E-state index is -4.10. The first-order valence-corrected chi connectivity index (χ1v) is 28.4. The van der Waals surface area contributed by atoms with Crippen LogP contribution >= 0.6 is 15.6 Å². The third kappa shape index (κ3) is 58.8. The van der Waals surface area contributed by atoms with Crippen LogP contribution in [0.5, 0.6) is 0 Å². The van der Waals surface area contributed by atoms with Crippen molar-refractivity contribution >= 4 is 15.6 Å². The van der Waals surface area contributed by atoms with Gasteiger partial charge in [-0.15, -0.1) is 0 Å². The van der Waals surface area contributed by atoms with Crippen LogP contribution in [0.2, 0.25) is 0 Å². The summed E-state index contributed by atoms with van der Waals surface area (Å²) in [4.78, 5) is 23.5. The summed E-state index contributed by atoms with van der Waals surface area (Å²) < 4.78 is 43.4. The van der Waals surface area contributed by atoms with Crippen LogP contribution in [0.25, 0.3) is 0 Å². The Hall–Kier alpha value is 0.843. The van der Waals surface area contributed by atoms with Gasteiger partial charge >= 0.3 is 19.5 Å². The van der Waals surface area contributed by atoms with Gasteiger partial charge in [-0.3, -0.25) is 9.13 Å². The smallest absolute Gasteiger partial charge is 0.756 e. The number of hydrogen-bond acceptors (Lipinski definition) is 8. The Bertz CT molecular complexity index is 741. The van der Waals surface area contributed by atoms with E-state index in [1.807, 2.05) is 0 Å². The van der Waals surface area contributed by atoms with Gasteiger partial charge in [-0.2, -0.15) is 0 Å². The van der Waals surface area contributed by atoms with E-state index in [2.05, 4.69) is 27.7 Å². The van der Waals surface area contributed by atoms with Gasteiger partial charge in [-0.25, -0.2) is 0 Å². The molecule has 0 aliphatic rings. The fraction of sp³-hybridized carbons (Fsp3) is 1.00. The molecule has 0 bridgehead atoms. The molecule has 8 nitrogen and oxygen atoms in total. The molecule has 0 atom stereocenters. The van der Waals surface area contributed by atoms with Crippen molar-refractivity contribution in [2.24, 2.45) is 0 Å². The van der Waals surface area contributed by atoms with E-state index in [9.17, 15) is 18.9 Å². The van der Waals surface area contributed by atoms with Crippen molar-refractivity contribution in [3.8, 4) is 0 Å². The first-order chi connectivity index (χ1) is 28.2. The fourth-order valence-corrected chi connectivity index (χ4v) is 8.70. The molecule has 0 unspecified atom stereocenters.